The predicted molar refractivity (Wildman–Crippen MR) is 52.7 cm³/mol. The van der Waals surface area contributed by atoms with Crippen LogP contribution in [0.3, 0.4) is 0 Å². The summed E-state index contributed by atoms with van der Waals surface area (Å²) in [7, 11) is 0. The van der Waals surface area contributed by atoms with Gasteiger partial charge in [-0.1, -0.05) is 13.3 Å². The first-order valence-electron chi connectivity index (χ1n) is 5.93. The van der Waals surface area contributed by atoms with Crippen LogP contribution in [0, 0.1) is 35.5 Å². The van der Waals surface area contributed by atoms with E-state index in [-0.39, 0.29) is 5.92 Å². The molecule has 6 atom stereocenters. The van der Waals surface area contributed by atoms with Gasteiger partial charge in [-0.2, -0.15) is 0 Å². The van der Waals surface area contributed by atoms with Crippen molar-refractivity contribution in [2.24, 2.45) is 35.5 Å². The number of carboxylic acids is 1. The lowest BCUT2D eigenvalue weighted by Crippen LogP contribution is -2.35. The van der Waals surface area contributed by atoms with E-state index in [1.807, 2.05) is 0 Å². The first-order valence-corrected chi connectivity index (χ1v) is 5.93. The molecular formula is C12H18O2. The van der Waals surface area contributed by atoms with E-state index < -0.39 is 5.97 Å². The molecule has 3 aliphatic rings. The lowest BCUT2D eigenvalue weighted by atomic mass is 9.70. The van der Waals surface area contributed by atoms with Crippen LogP contribution < -0.4 is 0 Å². The molecule has 2 nitrogen and oxygen atoms in total. The van der Waals surface area contributed by atoms with Crippen molar-refractivity contribution in [2.75, 3.05) is 0 Å². The molecule has 2 bridgehead atoms. The SMILES string of the molecule is CC1C2CC(C3CCCC23)C1C(=O)O. The maximum atomic E-state index is 11.2. The summed E-state index contributed by atoms with van der Waals surface area (Å²) < 4.78 is 0. The maximum Gasteiger partial charge on any atom is 0.307 e. The summed E-state index contributed by atoms with van der Waals surface area (Å²) in [4.78, 5) is 11.2. The molecule has 0 aromatic heterocycles. The van der Waals surface area contributed by atoms with Crippen molar-refractivity contribution in [2.45, 2.75) is 32.6 Å². The molecule has 0 heterocycles. The Kier molecular flexibility index (Phi) is 1.71. The normalized spacial score (nSPS) is 54.9. The van der Waals surface area contributed by atoms with E-state index in [9.17, 15) is 9.90 Å². The highest BCUT2D eigenvalue weighted by Gasteiger charge is 2.59. The van der Waals surface area contributed by atoms with Gasteiger partial charge in [-0.05, 0) is 48.9 Å². The van der Waals surface area contributed by atoms with E-state index in [0.717, 1.165) is 17.8 Å². The second-order valence-corrected chi connectivity index (χ2v) is 5.55. The number of hydrogen-bond acceptors (Lipinski definition) is 1. The van der Waals surface area contributed by atoms with Gasteiger partial charge < -0.3 is 5.11 Å². The zero-order valence-electron chi connectivity index (χ0n) is 8.65. The van der Waals surface area contributed by atoms with Gasteiger partial charge in [0.25, 0.3) is 0 Å². The van der Waals surface area contributed by atoms with Crippen molar-refractivity contribution in [3.05, 3.63) is 0 Å². The molecule has 0 aromatic rings. The van der Waals surface area contributed by atoms with Crippen LogP contribution in [0.25, 0.3) is 0 Å². The Morgan fingerprint density at radius 2 is 1.79 bits per heavy atom. The second-order valence-electron chi connectivity index (χ2n) is 5.55. The standard InChI is InChI=1S/C12H18O2/c1-6-9-5-10(11(6)12(13)14)8-4-2-3-7(8)9/h6-11H,2-5H2,1H3,(H,13,14). The summed E-state index contributed by atoms with van der Waals surface area (Å²) in [5.74, 6) is 2.84. The number of hydrogen-bond donors (Lipinski definition) is 1. The second kappa shape index (κ2) is 2.74. The van der Waals surface area contributed by atoms with Crippen LogP contribution in [0.4, 0.5) is 0 Å². The van der Waals surface area contributed by atoms with Gasteiger partial charge in [0.15, 0.2) is 0 Å². The lowest BCUT2D eigenvalue weighted by Gasteiger charge is -2.34. The van der Waals surface area contributed by atoms with Crippen LogP contribution in [-0.2, 0) is 4.79 Å². The molecule has 3 saturated carbocycles. The highest BCUT2D eigenvalue weighted by molar-refractivity contribution is 5.71. The number of carbonyl (C=O) groups is 1. The Morgan fingerprint density at radius 3 is 2.43 bits per heavy atom. The Hall–Kier alpha value is -0.530. The molecule has 0 radical (unpaired) electrons. The van der Waals surface area contributed by atoms with E-state index in [1.54, 1.807) is 0 Å². The van der Waals surface area contributed by atoms with E-state index >= 15 is 0 Å². The molecular weight excluding hydrogens is 176 g/mol. The van der Waals surface area contributed by atoms with Gasteiger partial charge >= 0.3 is 5.97 Å². The molecule has 3 fully saturated rings. The van der Waals surface area contributed by atoms with E-state index in [2.05, 4.69) is 6.92 Å². The molecule has 6 unspecified atom stereocenters. The summed E-state index contributed by atoms with van der Waals surface area (Å²) in [5, 5.41) is 9.23. The van der Waals surface area contributed by atoms with Gasteiger partial charge in [0, 0.05) is 0 Å². The molecule has 0 aromatic carbocycles. The topological polar surface area (TPSA) is 37.3 Å². The van der Waals surface area contributed by atoms with Crippen LogP contribution in [0.2, 0.25) is 0 Å². The third kappa shape index (κ3) is 0.896. The summed E-state index contributed by atoms with van der Waals surface area (Å²) in [5.41, 5.74) is 0. The smallest absolute Gasteiger partial charge is 0.307 e. The van der Waals surface area contributed by atoms with Gasteiger partial charge in [-0.3, -0.25) is 4.79 Å². The molecule has 0 saturated heterocycles. The van der Waals surface area contributed by atoms with E-state index in [4.69, 9.17) is 0 Å². The van der Waals surface area contributed by atoms with Gasteiger partial charge in [0.2, 0.25) is 0 Å². The molecule has 14 heavy (non-hydrogen) atoms. The number of aliphatic carboxylic acids is 1. The van der Waals surface area contributed by atoms with Crippen LogP contribution >= 0.6 is 0 Å². The quantitative estimate of drug-likeness (QED) is 0.696. The van der Waals surface area contributed by atoms with Crippen LogP contribution in [0.15, 0.2) is 0 Å². The fourth-order valence-electron chi connectivity index (χ4n) is 4.83. The lowest BCUT2D eigenvalue weighted by molar-refractivity contribution is -0.146. The van der Waals surface area contributed by atoms with E-state index in [0.29, 0.717) is 11.8 Å². The molecule has 0 spiro atoms. The summed E-state index contributed by atoms with van der Waals surface area (Å²) >= 11 is 0. The van der Waals surface area contributed by atoms with Crippen molar-refractivity contribution < 1.29 is 9.90 Å². The van der Waals surface area contributed by atoms with Crippen molar-refractivity contribution in [1.82, 2.24) is 0 Å². The summed E-state index contributed by atoms with van der Waals surface area (Å²) in [6, 6.07) is 0. The van der Waals surface area contributed by atoms with E-state index in [1.165, 1.54) is 25.7 Å². The Balaban J connectivity index is 1.91. The highest BCUT2D eigenvalue weighted by Crippen LogP contribution is 2.63. The molecule has 0 amide bonds. The third-order valence-electron chi connectivity index (χ3n) is 5.26. The summed E-state index contributed by atoms with van der Waals surface area (Å²) in [6.07, 6.45) is 5.25. The van der Waals surface area contributed by atoms with Gasteiger partial charge in [0.05, 0.1) is 5.92 Å². The number of rotatable bonds is 1. The van der Waals surface area contributed by atoms with Crippen LogP contribution in [-0.4, -0.2) is 11.1 Å². The molecule has 2 heteroatoms. The van der Waals surface area contributed by atoms with Crippen molar-refractivity contribution >= 4 is 5.97 Å². The molecule has 78 valence electrons. The maximum absolute atomic E-state index is 11.2. The first-order chi connectivity index (χ1) is 6.70. The number of fused-ring (bicyclic) bond motifs is 5. The average Bonchev–Trinajstić information content (AvgIpc) is 2.69. The van der Waals surface area contributed by atoms with Gasteiger partial charge in [-0.25, -0.2) is 0 Å². The minimum absolute atomic E-state index is 0.0145. The fourth-order valence-corrected chi connectivity index (χ4v) is 4.83. The summed E-state index contributed by atoms with van der Waals surface area (Å²) in [6.45, 7) is 2.16. The Morgan fingerprint density at radius 1 is 1.14 bits per heavy atom. The van der Waals surface area contributed by atoms with Gasteiger partial charge in [-0.15, -0.1) is 0 Å². The molecule has 3 rings (SSSR count). The molecule has 3 aliphatic carbocycles. The van der Waals surface area contributed by atoms with Crippen molar-refractivity contribution in [3.63, 3.8) is 0 Å². The zero-order valence-corrected chi connectivity index (χ0v) is 8.65. The molecule has 1 N–H and O–H groups in total. The number of carboxylic acid groups (broad SMARTS) is 1. The minimum atomic E-state index is -0.532. The first kappa shape index (κ1) is 8.75. The average molecular weight is 194 g/mol. The Bertz CT molecular complexity index is 273. The highest BCUT2D eigenvalue weighted by atomic mass is 16.4. The monoisotopic (exact) mass is 194 g/mol. The van der Waals surface area contributed by atoms with Crippen LogP contribution in [0.5, 0.6) is 0 Å². The zero-order chi connectivity index (χ0) is 9.87. The predicted octanol–water partition coefficient (Wildman–Crippen LogP) is 2.39. The molecule has 0 aliphatic heterocycles. The van der Waals surface area contributed by atoms with Crippen molar-refractivity contribution in [3.8, 4) is 0 Å². The fraction of sp³-hybridized carbons (Fsp3) is 0.917. The minimum Gasteiger partial charge on any atom is -0.481 e. The van der Waals surface area contributed by atoms with Crippen LogP contribution in [0.1, 0.15) is 32.6 Å². The largest absolute Gasteiger partial charge is 0.481 e. The Labute approximate surface area is 84.7 Å². The van der Waals surface area contributed by atoms with Crippen molar-refractivity contribution in [1.29, 1.82) is 0 Å². The third-order valence-corrected chi connectivity index (χ3v) is 5.26. The van der Waals surface area contributed by atoms with Gasteiger partial charge in [0.1, 0.15) is 0 Å².